The Morgan fingerprint density at radius 3 is 2.53 bits per heavy atom. The third-order valence-corrected chi connectivity index (χ3v) is 4.75. The number of nitrogens with zero attached hydrogens (tertiary/aromatic N) is 1. The van der Waals surface area contributed by atoms with Crippen molar-refractivity contribution >= 4 is 10.1 Å². The van der Waals surface area contributed by atoms with E-state index in [0.29, 0.717) is 19.3 Å². The number of nitriles is 1. The van der Waals surface area contributed by atoms with Gasteiger partial charge in [0.05, 0.1) is 24.3 Å². The normalized spacial score (nSPS) is 37.6. The van der Waals surface area contributed by atoms with Gasteiger partial charge >= 0.3 is 0 Å². The van der Waals surface area contributed by atoms with Crippen molar-refractivity contribution in [3.8, 4) is 6.07 Å². The molecule has 19 heavy (non-hydrogen) atoms. The molecule has 2 aliphatic rings. The smallest absolute Gasteiger partial charge is 0.264 e. The average molecular weight is 293 g/mol. The molecule has 4 nitrogen and oxygen atoms in total. The summed E-state index contributed by atoms with van der Waals surface area (Å²) in [5.41, 5.74) is -0.932. The SMILES string of the molecule is CS(=O)(=O)OCC1(C#N)C[C@@H]2CCC(F)(F)C[C@H]2C1. The Hall–Kier alpha value is -0.740. The third-order valence-electron chi connectivity index (χ3n) is 4.20. The molecule has 2 aliphatic carbocycles. The fourth-order valence-corrected chi connectivity index (χ4v) is 3.78. The van der Waals surface area contributed by atoms with E-state index >= 15 is 0 Å². The zero-order valence-corrected chi connectivity index (χ0v) is 11.5. The summed E-state index contributed by atoms with van der Waals surface area (Å²) in [4.78, 5) is 0. The van der Waals surface area contributed by atoms with Crippen LogP contribution in [0, 0.1) is 28.6 Å². The first-order valence-electron chi connectivity index (χ1n) is 6.28. The fraction of sp³-hybridized carbons (Fsp3) is 0.917. The molecule has 0 aromatic carbocycles. The average Bonchev–Trinajstić information content (AvgIpc) is 2.63. The zero-order valence-electron chi connectivity index (χ0n) is 10.7. The van der Waals surface area contributed by atoms with Crippen LogP contribution in [0.25, 0.3) is 0 Å². The van der Waals surface area contributed by atoms with E-state index in [1.54, 1.807) is 0 Å². The number of hydrogen-bond acceptors (Lipinski definition) is 4. The van der Waals surface area contributed by atoms with Crippen molar-refractivity contribution in [3.05, 3.63) is 0 Å². The summed E-state index contributed by atoms with van der Waals surface area (Å²) < 4.78 is 53.5. The van der Waals surface area contributed by atoms with Gasteiger partial charge in [-0.25, -0.2) is 8.78 Å². The van der Waals surface area contributed by atoms with Crippen molar-refractivity contribution in [1.82, 2.24) is 0 Å². The predicted molar refractivity (Wildman–Crippen MR) is 63.9 cm³/mol. The van der Waals surface area contributed by atoms with Crippen LogP contribution in [0.3, 0.4) is 0 Å². The summed E-state index contributed by atoms with van der Waals surface area (Å²) in [5.74, 6) is -2.77. The van der Waals surface area contributed by atoms with Crippen LogP contribution in [0.5, 0.6) is 0 Å². The van der Waals surface area contributed by atoms with Gasteiger partial charge in [-0.2, -0.15) is 13.7 Å². The van der Waals surface area contributed by atoms with E-state index in [4.69, 9.17) is 4.18 Å². The Morgan fingerprint density at radius 2 is 1.95 bits per heavy atom. The van der Waals surface area contributed by atoms with Gasteiger partial charge in [-0.05, 0) is 31.1 Å². The Morgan fingerprint density at radius 1 is 1.32 bits per heavy atom. The minimum Gasteiger partial charge on any atom is -0.269 e. The molecule has 0 aromatic rings. The van der Waals surface area contributed by atoms with Crippen LogP contribution in [-0.4, -0.2) is 27.2 Å². The van der Waals surface area contributed by atoms with Crippen molar-refractivity contribution < 1.29 is 21.4 Å². The lowest BCUT2D eigenvalue weighted by atomic mass is 9.80. The maximum Gasteiger partial charge on any atom is 0.264 e. The van der Waals surface area contributed by atoms with Crippen molar-refractivity contribution in [2.75, 3.05) is 12.9 Å². The Kier molecular flexibility index (Phi) is 3.60. The van der Waals surface area contributed by atoms with E-state index in [1.165, 1.54) is 0 Å². The van der Waals surface area contributed by atoms with Gasteiger partial charge in [0.25, 0.3) is 10.1 Å². The molecule has 2 fully saturated rings. The van der Waals surface area contributed by atoms with E-state index < -0.39 is 21.5 Å². The van der Waals surface area contributed by atoms with E-state index in [-0.39, 0.29) is 31.3 Å². The van der Waals surface area contributed by atoms with Gasteiger partial charge in [-0.15, -0.1) is 0 Å². The summed E-state index contributed by atoms with van der Waals surface area (Å²) in [5, 5.41) is 9.28. The highest BCUT2D eigenvalue weighted by Gasteiger charge is 2.52. The van der Waals surface area contributed by atoms with E-state index in [2.05, 4.69) is 6.07 Å². The number of halogens is 2. The Balaban J connectivity index is 2.07. The maximum atomic E-state index is 13.4. The van der Waals surface area contributed by atoms with Crippen LogP contribution in [0.2, 0.25) is 0 Å². The lowest BCUT2D eigenvalue weighted by Crippen LogP contribution is -2.29. The van der Waals surface area contributed by atoms with Crippen molar-refractivity contribution in [2.45, 2.75) is 38.0 Å². The van der Waals surface area contributed by atoms with Gasteiger partial charge in [-0.3, -0.25) is 4.18 Å². The molecule has 2 rings (SSSR count). The van der Waals surface area contributed by atoms with Gasteiger partial charge in [0.1, 0.15) is 0 Å². The highest BCUT2D eigenvalue weighted by atomic mass is 32.2. The highest BCUT2D eigenvalue weighted by Crippen LogP contribution is 2.54. The van der Waals surface area contributed by atoms with E-state index in [1.807, 2.05) is 0 Å². The molecule has 0 spiro atoms. The van der Waals surface area contributed by atoms with Crippen LogP contribution in [-0.2, 0) is 14.3 Å². The summed E-state index contributed by atoms with van der Waals surface area (Å²) in [6.45, 7) is -0.221. The van der Waals surface area contributed by atoms with Crippen molar-refractivity contribution in [3.63, 3.8) is 0 Å². The van der Waals surface area contributed by atoms with E-state index in [9.17, 15) is 22.5 Å². The second-order valence-electron chi connectivity index (χ2n) is 5.89. The van der Waals surface area contributed by atoms with Gasteiger partial charge in [-0.1, -0.05) is 0 Å². The highest BCUT2D eigenvalue weighted by molar-refractivity contribution is 7.85. The van der Waals surface area contributed by atoms with Gasteiger partial charge in [0.15, 0.2) is 0 Å². The maximum absolute atomic E-state index is 13.4. The number of hydrogen-bond donors (Lipinski definition) is 0. The molecule has 1 unspecified atom stereocenters. The summed E-state index contributed by atoms with van der Waals surface area (Å²) >= 11 is 0. The molecule has 7 heteroatoms. The molecule has 2 saturated carbocycles. The van der Waals surface area contributed by atoms with Crippen molar-refractivity contribution in [2.24, 2.45) is 17.3 Å². The molecule has 0 bridgehead atoms. The second kappa shape index (κ2) is 4.67. The standard InChI is InChI=1S/C12H17F2NO3S/c1-19(16,17)18-8-11(7-15)4-9-2-3-12(13,14)6-10(9)5-11/h9-10H,2-6,8H2,1H3/t9-,10+,11?/m0/s1. The molecule has 0 aromatic heterocycles. The first kappa shape index (κ1) is 14.7. The Labute approximate surface area is 111 Å². The fourth-order valence-electron chi connectivity index (χ4n) is 3.34. The molecule has 0 aliphatic heterocycles. The molecule has 0 radical (unpaired) electrons. The molecule has 3 atom stereocenters. The third kappa shape index (κ3) is 3.42. The molecule has 108 valence electrons. The zero-order chi connectivity index (χ0) is 14.3. The number of rotatable bonds is 3. The van der Waals surface area contributed by atoms with Gasteiger partial charge < -0.3 is 0 Å². The molecule has 0 saturated heterocycles. The largest absolute Gasteiger partial charge is 0.269 e. The monoisotopic (exact) mass is 293 g/mol. The molecule has 0 heterocycles. The Bertz CT molecular complexity index is 500. The molecule has 0 amide bonds. The predicted octanol–water partition coefficient (Wildman–Crippen LogP) is 2.32. The number of alkyl halides is 2. The van der Waals surface area contributed by atoms with Crippen molar-refractivity contribution in [1.29, 1.82) is 5.26 Å². The van der Waals surface area contributed by atoms with Gasteiger partial charge in [0, 0.05) is 12.8 Å². The number of fused-ring (bicyclic) bond motifs is 1. The van der Waals surface area contributed by atoms with Crippen LogP contribution in [0.1, 0.15) is 32.1 Å². The molecular formula is C12H17F2NO3S. The second-order valence-corrected chi connectivity index (χ2v) is 7.53. The summed E-state index contributed by atoms with van der Waals surface area (Å²) in [7, 11) is -3.61. The lowest BCUT2D eigenvalue weighted by molar-refractivity contribution is -0.0635. The van der Waals surface area contributed by atoms with E-state index in [0.717, 1.165) is 6.26 Å². The molecular weight excluding hydrogens is 276 g/mol. The summed E-state index contributed by atoms with van der Waals surface area (Å²) in [6, 6.07) is 2.10. The van der Waals surface area contributed by atoms with Crippen LogP contribution < -0.4 is 0 Å². The summed E-state index contributed by atoms with van der Waals surface area (Å²) in [6.07, 6.45) is 1.76. The van der Waals surface area contributed by atoms with Crippen LogP contribution in [0.4, 0.5) is 8.78 Å². The topological polar surface area (TPSA) is 67.2 Å². The lowest BCUT2D eigenvalue weighted by Gasteiger charge is -2.31. The van der Waals surface area contributed by atoms with Crippen LogP contribution in [0.15, 0.2) is 0 Å². The van der Waals surface area contributed by atoms with Crippen LogP contribution >= 0.6 is 0 Å². The first-order valence-corrected chi connectivity index (χ1v) is 8.10. The minimum atomic E-state index is -3.61. The minimum absolute atomic E-state index is 0.0856. The quantitative estimate of drug-likeness (QED) is 0.749. The molecule has 0 N–H and O–H groups in total. The van der Waals surface area contributed by atoms with Gasteiger partial charge in [0.2, 0.25) is 5.92 Å². The first-order chi connectivity index (χ1) is 8.65.